The first-order valence-electron chi connectivity index (χ1n) is 7.42. The summed E-state index contributed by atoms with van der Waals surface area (Å²) >= 11 is 0. The molecule has 0 heterocycles. The van der Waals surface area contributed by atoms with Gasteiger partial charge in [-0.25, -0.2) is 0 Å². The number of carboxylic acid groups (broad SMARTS) is 1. The summed E-state index contributed by atoms with van der Waals surface area (Å²) in [6.45, 7) is 6.81. The molecule has 0 saturated heterocycles. The van der Waals surface area contributed by atoms with Gasteiger partial charge in [0, 0.05) is 12.5 Å². The summed E-state index contributed by atoms with van der Waals surface area (Å²) in [6.07, 6.45) is 5.53. The zero-order valence-corrected chi connectivity index (χ0v) is 12.4. The van der Waals surface area contributed by atoms with Crippen molar-refractivity contribution in [2.75, 3.05) is 0 Å². The molecule has 0 aromatic heterocycles. The first kappa shape index (κ1) is 16.0. The standard InChI is InChI=1S/C15H27NO3/c1-4-11-10-12(8-9-15(11,3)5-2)16-13(17)6-7-14(18)19/h11-12H,4-10H2,1-3H3,(H,16,17)(H,18,19)/t11-,12+,15+/m1/s1. The van der Waals surface area contributed by atoms with E-state index in [1.807, 2.05) is 0 Å². The van der Waals surface area contributed by atoms with E-state index in [0.29, 0.717) is 11.3 Å². The highest BCUT2D eigenvalue weighted by Gasteiger charge is 2.37. The van der Waals surface area contributed by atoms with E-state index in [-0.39, 0.29) is 24.8 Å². The molecule has 1 amide bonds. The third-order valence-corrected chi connectivity index (χ3v) is 4.85. The van der Waals surface area contributed by atoms with Crippen molar-refractivity contribution < 1.29 is 14.7 Å². The Morgan fingerprint density at radius 2 is 2.00 bits per heavy atom. The van der Waals surface area contributed by atoms with E-state index < -0.39 is 5.97 Å². The molecule has 0 aromatic rings. The molecule has 1 fully saturated rings. The van der Waals surface area contributed by atoms with Gasteiger partial charge < -0.3 is 10.4 Å². The maximum atomic E-state index is 11.7. The predicted octanol–water partition coefficient (Wildman–Crippen LogP) is 2.96. The quantitative estimate of drug-likeness (QED) is 0.779. The number of aliphatic carboxylic acids is 1. The van der Waals surface area contributed by atoms with Gasteiger partial charge in [0.15, 0.2) is 0 Å². The Balaban J connectivity index is 2.45. The molecule has 0 unspecified atom stereocenters. The molecule has 4 nitrogen and oxygen atoms in total. The average molecular weight is 269 g/mol. The summed E-state index contributed by atoms with van der Waals surface area (Å²) in [5.74, 6) is -0.387. The maximum Gasteiger partial charge on any atom is 0.303 e. The van der Waals surface area contributed by atoms with E-state index in [9.17, 15) is 9.59 Å². The molecule has 0 aliphatic heterocycles. The third kappa shape index (κ3) is 4.51. The second kappa shape index (κ2) is 6.92. The summed E-state index contributed by atoms with van der Waals surface area (Å²) < 4.78 is 0. The number of amides is 1. The van der Waals surface area contributed by atoms with Gasteiger partial charge in [-0.3, -0.25) is 9.59 Å². The van der Waals surface area contributed by atoms with Crippen molar-refractivity contribution in [2.45, 2.75) is 71.8 Å². The zero-order chi connectivity index (χ0) is 14.5. The van der Waals surface area contributed by atoms with Gasteiger partial charge in [-0.15, -0.1) is 0 Å². The molecule has 19 heavy (non-hydrogen) atoms. The first-order valence-corrected chi connectivity index (χ1v) is 7.42. The lowest BCUT2D eigenvalue weighted by Crippen LogP contribution is -2.44. The monoisotopic (exact) mass is 269 g/mol. The van der Waals surface area contributed by atoms with Crippen LogP contribution in [0.4, 0.5) is 0 Å². The van der Waals surface area contributed by atoms with Crippen molar-refractivity contribution >= 4 is 11.9 Å². The number of nitrogens with one attached hydrogen (secondary N) is 1. The Kier molecular flexibility index (Phi) is 5.83. The average Bonchev–Trinajstić information content (AvgIpc) is 2.38. The van der Waals surface area contributed by atoms with E-state index in [0.717, 1.165) is 25.7 Å². The molecule has 4 heteroatoms. The van der Waals surface area contributed by atoms with Crippen LogP contribution in [0.25, 0.3) is 0 Å². The molecule has 0 radical (unpaired) electrons. The molecule has 0 bridgehead atoms. The number of carboxylic acids is 1. The molecule has 0 spiro atoms. The van der Waals surface area contributed by atoms with Gasteiger partial charge in [0.1, 0.15) is 0 Å². The van der Waals surface area contributed by atoms with Crippen molar-refractivity contribution in [2.24, 2.45) is 11.3 Å². The van der Waals surface area contributed by atoms with Crippen LogP contribution in [-0.2, 0) is 9.59 Å². The van der Waals surface area contributed by atoms with Gasteiger partial charge >= 0.3 is 5.97 Å². The van der Waals surface area contributed by atoms with Gasteiger partial charge in [0.25, 0.3) is 0 Å². The fraction of sp³-hybridized carbons (Fsp3) is 0.867. The molecule has 3 atom stereocenters. The minimum Gasteiger partial charge on any atom is -0.481 e. The van der Waals surface area contributed by atoms with E-state index in [4.69, 9.17) is 5.11 Å². The van der Waals surface area contributed by atoms with Crippen molar-refractivity contribution in [1.29, 1.82) is 0 Å². The Morgan fingerprint density at radius 1 is 1.32 bits per heavy atom. The van der Waals surface area contributed by atoms with Gasteiger partial charge in [-0.2, -0.15) is 0 Å². The molecular formula is C15H27NO3. The fourth-order valence-corrected chi connectivity index (χ4v) is 3.23. The van der Waals surface area contributed by atoms with Crippen LogP contribution in [-0.4, -0.2) is 23.0 Å². The minimum absolute atomic E-state index is 0.0809. The highest BCUT2D eigenvalue weighted by atomic mass is 16.4. The molecule has 1 saturated carbocycles. The number of carbonyl (C=O) groups excluding carboxylic acids is 1. The topological polar surface area (TPSA) is 66.4 Å². The molecule has 1 aliphatic rings. The first-order chi connectivity index (χ1) is 8.91. The van der Waals surface area contributed by atoms with Gasteiger partial charge in [0.2, 0.25) is 5.91 Å². The molecule has 1 aliphatic carbocycles. The summed E-state index contributed by atoms with van der Waals surface area (Å²) in [5.41, 5.74) is 0.400. The minimum atomic E-state index is -0.913. The van der Waals surface area contributed by atoms with Crippen molar-refractivity contribution in [3.63, 3.8) is 0 Å². The van der Waals surface area contributed by atoms with E-state index in [2.05, 4.69) is 26.1 Å². The number of hydrogen-bond acceptors (Lipinski definition) is 2. The van der Waals surface area contributed by atoms with Crippen LogP contribution in [0.5, 0.6) is 0 Å². The second-order valence-corrected chi connectivity index (χ2v) is 6.05. The summed E-state index contributed by atoms with van der Waals surface area (Å²) in [6, 6.07) is 0.228. The van der Waals surface area contributed by atoms with Crippen LogP contribution in [0.15, 0.2) is 0 Å². The SMILES string of the molecule is CC[C@@H]1C[C@@H](NC(=O)CCC(=O)O)CC[C@]1(C)CC. The smallest absolute Gasteiger partial charge is 0.303 e. The zero-order valence-electron chi connectivity index (χ0n) is 12.4. The van der Waals surface area contributed by atoms with E-state index >= 15 is 0 Å². The van der Waals surface area contributed by atoms with Gasteiger partial charge in [-0.1, -0.05) is 33.6 Å². The Hall–Kier alpha value is -1.06. The Morgan fingerprint density at radius 3 is 2.53 bits per heavy atom. The number of hydrogen-bond donors (Lipinski definition) is 2. The molecule has 0 aromatic carbocycles. The maximum absolute atomic E-state index is 11.7. The lowest BCUT2D eigenvalue weighted by atomic mass is 9.64. The highest BCUT2D eigenvalue weighted by Crippen LogP contribution is 2.45. The normalized spacial score (nSPS) is 30.9. The van der Waals surface area contributed by atoms with Gasteiger partial charge in [-0.05, 0) is 30.6 Å². The van der Waals surface area contributed by atoms with Crippen LogP contribution in [0, 0.1) is 11.3 Å². The summed E-state index contributed by atoms with van der Waals surface area (Å²) in [7, 11) is 0. The van der Waals surface area contributed by atoms with Crippen LogP contribution < -0.4 is 5.32 Å². The molecule has 1 rings (SSSR count). The van der Waals surface area contributed by atoms with E-state index in [1.165, 1.54) is 6.42 Å². The van der Waals surface area contributed by atoms with Crippen molar-refractivity contribution in [1.82, 2.24) is 5.32 Å². The molecular weight excluding hydrogens is 242 g/mol. The second-order valence-electron chi connectivity index (χ2n) is 6.05. The fourth-order valence-electron chi connectivity index (χ4n) is 3.23. The van der Waals surface area contributed by atoms with Crippen molar-refractivity contribution in [3.05, 3.63) is 0 Å². The van der Waals surface area contributed by atoms with Crippen LogP contribution >= 0.6 is 0 Å². The number of rotatable bonds is 6. The van der Waals surface area contributed by atoms with Gasteiger partial charge in [0.05, 0.1) is 6.42 Å². The Bertz CT molecular complexity index is 329. The lowest BCUT2D eigenvalue weighted by molar-refractivity contribution is -0.139. The van der Waals surface area contributed by atoms with E-state index in [1.54, 1.807) is 0 Å². The summed E-state index contributed by atoms with van der Waals surface area (Å²) in [4.78, 5) is 22.1. The largest absolute Gasteiger partial charge is 0.481 e. The third-order valence-electron chi connectivity index (χ3n) is 4.85. The highest BCUT2D eigenvalue weighted by molar-refractivity contribution is 5.80. The van der Waals surface area contributed by atoms with Crippen LogP contribution in [0.2, 0.25) is 0 Å². The Labute approximate surface area is 116 Å². The predicted molar refractivity (Wildman–Crippen MR) is 74.8 cm³/mol. The number of carbonyl (C=O) groups is 2. The lowest BCUT2D eigenvalue weighted by Gasteiger charge is -2.44. The summed E-state index contributed by atoms with van der Waals surface area (Å²) in [5, 5.41) is 11.6. The van der Waals surface area contributed by atoms with Crippen LogP contribution in [0.3, 0.4) is 0 Å². The molecule has 2 N–H and O–H groups in total. The van der Waals surface area contributed by atoms with Crippen molar-refractivity contribution in [3.8, 4) is 0 Å². The van der Waals surface area contributed by atoms with Crippen LogP contribution in [0.1, 0.15) is 65.7 Å². The molecule has 110 valence electrons.